The van der Waals surface area contributed by atoms with Crippen LogP contribution >= 0.6 is 0 Å². The van der Waals surface area contributed by atoms with Crippen LogP contribution in [0.25, 0.3) is 0 Å². The highest BCUT2D eigenvalue weighted by molar-refractivity contribution is 5.39. The first-order valence-electron chi connectivity index (χ1n) is 6.41. The molecule has 3 atom stereocenters. The molecule has 17 heavy (non-hydrogen) atoms. The summed E-state index contributed by atoms with van der Waals surface area (Å²) in [6.45, 7) is 4.05. The van der Waals surface area contributed by atoms with Gasteiger partial charge in [0.2, 0.25) is 0 Å². The fourth-order valence-corrected chi connectivity index (χ4v) is 2.61. The molecule has 0 radical (unpaired) electrons. The van der Waals surface area contributed by atoms with Gasteiger partial charge in [-0.1, -0.05) is 31.2 Å². The van der Waals surface area contributed by atoms with E-state index in [4.69, 9.17) is 4.74 Å². The Bertz CT molecular complexity index is 382. The van der Waals surface area contributed by atoms with Crippen LogP contribution in [-0.4, -0.2) is 23.9 Å². The third-order valence-corrected chi connectivity index (χ3v) is 4.34. The number of methoxy groups -OCH3 is 1. The topological polar surface area (TPSA) is 29.5 Å². The molecule has 1 aromatic rings. The Morgan fingerprint density at radius 2 is 2.18 bits per heavy atom. The number of aliphatic hydroxyl groups excluding tert-OH is 1. The Kier molecular flexibility index (Phi) is 3.55. The summed E-state index contributed by atoms with van der Waals surface area (Å²) < 4.78 is 5.46. The van der Waals surface area contributed by atoms with Gasteiger partial charge in [0.05, 0.1) is 11.7 Å². The van der Waals surface area contributed by atoms with E-state index in [-0.39, 0.29) is 0 Å². The van der Waals surface area contributed by atoms with Crippen LogP contribution in [0.3, 0.4) is 0 Å². The van der Waals surface area contributed by atoms with Crippen molar-refractivity contribution < 1.29 is 9.84 Å². The van der Waals surface area contributed by atoms with Crippen molar-refractivity contribution in [3.05, 3.63) is 35.4 Å². The SMILES string of the molecule is CCC(C)(OC)C(O)CC1Cc2ccccc21. The number of aliphatic hydroxyl groups is 1. The zero-order valence-corrected chi connectivity index (χ0v) is 10.9. The number of benzene rings is 1. The van der Waals surface area contributed by atoms with Gasteiger partial charge in [-0.05, 0) is 43.2 Å². The van der Waals surface area contributed by atoms with Crippen molar-refractivity contribution in [2.24, 2.45) is 0 Å². The summed E-state index contributed by atoms with van der Waals surface area (Å²) in [5, 5.41) is 10.3. The smallest absolute Gasteiger partial charge is 0.0906 e. The van der Waals surface area contributed by atoms with E-state index in [9.17, 15) is 5.11 Å². The van der Waals surface area contributed by atoms with Crippen molar-refractivity contribution in [1.29, 1.82) is 0 Å². The van der Waals surface area contributed by atoms with Gasteiger partial charge in [0, 0.05) is 7.11 Å². The van der Waals surface area contributed by atoms with Crippen molar-refractivity contribution >= 4 is 0 Å². The van der Waals surface area contributed by atoms with Gasteiger partial charge in [0.15, 0.2) is 0 Å². The zero-order chi connectivity index (χ0) is 12.5. The minimum absolute atomic E-state index is 0.393. The number of hydrogen-bond acceptors (Lipinski definition) is 2. The van der Waals surface area contributed by atoms with Crippen molar-refractivity contribution in [2.75, 3.05) is 7.11 Å². The van der Waals surface area contributed by atoms with E-state index < -0.39 is 11.7 Å². The van der Waals surface area contributed by atoms with Crippen molar-refractivity contribution in [2.45, 2.75) is 50.7 Å². The first-order valence-corrected chi connectivity index (χ1v) is 6.41. The Morgan fingerprint density at radius 1 is 1.47 bits per heavy atom. The summed E-state index contributed by atoms with van der Waals surface area (Å²) in [6.07, 6.45) is 2.33. The molecule has 94 valence electrons. The quantitative estimate of drug-likeness (QED) is 0.849. The van der Waals surface area contributed by atoms with Crippen LogP contribution in [0.2, 0.25) is 0 Å². The molecule has 1 aromatic carbocycles. The molecular formula is C15H22O2. The molecule has 0 saturated heterocycles. The fourth-order valence-electron chi connectivity index (χ4n) is 2.61. The first kappa shape index (κ1) is 12.6. The second kappa shape index (κ2) is 4.79. The van der Waals surface area contributed by atoms with Gasteiger partial charge >= 0.3 is 0 Å². The maximum Gasteiger partial charge on any atom is 0.0906 e. The monoisotopic (exact) mass is 234 g/mol. The van der Waals surface area contributed by atoms with Crippen LogP contribution in [0.5, 0.6) is 0 Å². The molecule has 1 aliphatic rings. The molecule has 3 unspecified atom stereocenters. The maximum atomic E-state index is 10.3. The van der Waals surface area contributed by atoms with Crippen molar-refractivity contribution in [3.8, 4) is 0 Å². The molecule has 0 amide bonds. The van der Waals surface area contributed by atoms with E-state index >= 15 is 0 Å². The molecule has 2 heteroatoms. The number of fused-ring (bicyclic) bond motifs is 1. The average Bonchev–Trinajstić information content (AvgIpc) is 2.34. The summed E-state index contributed by atoms with van der Waals surface area (Å²) in [5.41, 5.74) is 2.42. The molecule has 2 nitrogen and oxygen atoms in total. The molecule has 0 aromatic heterocycles. The normalized spacial score (nSPS) is 23.4. The maximum absolute atomic E-state index is 10.3. The summed E-state index contributed by atoms with van der Waals surface area (Å²) >= 11 is 0. The van der Waals surface area contributed by atoms with Gasteiger partial charge in [-0.3, -0.25) is 0 Å². The van der Waals surface area contributed by atoms with Crippen LogP contribution < -0.4 is 0 Å². The van der Waals surface area contributed by atoms with Gasteiger partial charge in [-0.15, -0.1) is 0 Å². The number of rotatable bonds is 5. The number of hydrogen-bond donors (Lipinski definition) is 1. The lowest BCUT2D eigenvalue weighted by atomic mass is 9.73. The fraction of sp³-hybridized carbons (Fsp3) is 0.600. The highest BCUT2D eigenvalue weighted by Gasteiger charge is 2.36. The van der Waals surface area contributed by atoms with E-state index in [1.807, 2.05) is 6.92 Å². The Balaban J connectivity index is 2.00. The van der Waals surface area contributed by atoms with Crippen LogP contribution in [0, 0.1) is 0 Å². The third-order valence-electron chi connectivity index (χ3n) is 4.34. The molecule has 0 saturated carbocycles. The van der Waals surface area contributed by atoms with Crippen molar-refractivity contribution in [1.82, 2.24) is 0 Å². The van der Waals surface area contributed by atoms with Gasteiger partial charge in [-0.2, -0.15) is 0 Å². The highest BCUT2D eigenvalue weighted by Crippen LogP contribution is 2.40. The average molecular weight is 234 g/mol. The molecule has 1 N–H and O–H groups in total. The predicted molar refractivity (Wildman–Crippen MR) is 69.2 cm³/mol. The standard InChI is InChI=1S/C15H22O2/c1-4-15(2,17-3)14(16)10-12-9-11-7-5-6-8-13(11)12/h5-8,12,14,16H,4,9-10H2,1-3H3. The van der Waals surface area contributed by atoms with E-state index in [1.54, 1.807) is 7.11 Å². The van der Waals surface area contributed by atoms with Crippen LogP contribution in [0.1, 0.15) is 43.7 Å². The van der Waals surface area contributed by atoms with E-state index in [1.165, 1.54) is 11.1 Å². The predicted octanol–water partition coefficient (Wildman–Crippen LogP) is 2.89. The summed E-state index contributed by atoms with van der Waals surface area (Å²) in [6, 6.07) is 8.50. The lowest BCUT2D eigenvalue weighted by Crippen LogP contribution is -2.42. The minimum Gasteiger partial charge on any atom is -0.390 e. The lowest BCUT2D eigenvalue weighted by molar-refractivity contribution is -0.0975. The van der Waals surface area contributed by atoms with Crippen LogP contribution in [-0.2, 0) is 11.2 Å². The molecule has 0 heterocycles. The Morgan fingerprint density at radius 3 is 2.76 bits per heavy atom. The van der Waals surface area contributed by atoms with Crippen LogP contribution in [0.15, 0.2) is 24.3 Å². The molecular weight excluding hydrogens is 212 g/mol. The van der Waals surface area contributed by atoms with Gasteiger partial charge in [0.1, 0.15) is 0 Å². The molecule has 0 spiro atoms. The largest absolute Gasteiger partial charge is 0.390 e. The minimum atomic E-state index is -0.412. The molecule has 0 bridgehead atoms. The van der Waals surface area contributed by atoms with Crippen LogP contribution in [0.4, 0.5) is 0 Å². The summed E-state index contributed by atoms with van der Waals surface area (Å²) in [5.74, 6) is 0.502. The van der Waals surface area contributed by atoms with E-state index in [2.05, 4.69) is 31.2 Å². The first-order chi connectivity index (χ1) is 8.10. The molecule has 2 rings (SSSR count). The van der Waals surface area contributed by atoms with E-state index in [0.29, 0.717) is 5.92 Å². The zero-order valence-electron chi connectivity index (χ0n) is 10.9. The Labute approximate surface area is 104 Å². The second-order valence-corrected chi connectivity index (χ2v) is 5.22. The lowest BCUT2D eigenvalue weighted by Gasteiger charge is -2.38. The number of ether oxygens (including phenoxy) is 1. The van der Waals surface area contributed by atoms with Gasteiger partial charge < -0.3 is 9.84 Å². The van der Waals surface area contributed by atoms with Gasteiger partial charge in [-0.25, -0.2) is 0 Å². The molecule has 0 aliphatic heterocycles. The highest BCUT2D eigenvalue weighted by atomic mass is 16.5. The third kappa shape index (κ3) is 2.24. The van der Waals surface area contributed by atoms with Gasteiger partial charge in [0.25, 0.3) is 0 Å². The molecule has 0 fully saturated rings. The summed E-state index contributed by atoms with van der Waals surface area (Å²) in [7, 11) is 1.68. The second-order valence-electron chi connectivity index (χ2n) is 5.22. The molecule has 1 aliphatic carbocycles. The Hall–Kier alpha value is -0.860. The van der Waals surface area contributed by atoms with Crippen molar-refractivity contribution in [3.63, 3.8) is 0 Å². The summed E-state index contributed by atoms with van der Waals surface area (Å²) in [4.78, 5) is 0. The van der Waals surface area contributed by atoms with E-state index in [0.717, 1.165) is 19.3 Å².